The SMILES string of the molecule is Cc1ccc(N)cc1SCc1csc(Br)c1. The highest BCUT2D eigenvalue weighted by molar-refractivity contribution is 9.11. The zero-order valence-electron chi connectivity index (χ0n) is 8.87. The summed E-state index contributed by atoms with van der Waals surface area (Å²) in [6.45, 7) is 2.12. The van der Waals surface area contributed by atoms with E-state index >= 15 is 0 Å². The molecule has 2 rings (SSSR count). The van der Waals surface area contributed by atoms with Gasteiger partial charge in [0.25, 0.3) is 0 Å². The second-order valence-corrected chi connectivity index (χ2v) is 6.88. The Hall–Kier alpha value is -0.450. The van der Waals surface area contributed by atoms with Crippen molar-refractivity contribution in [2.24, 2.45) is 0 Å². The number of nitrogen functional groups attached to an aromatic ring is 1. The van der Waals surface area contributed by atoms with Crippen LogP contribution in [0.3, 0.4) is 0 Å². The third-order valence-corrected chi connectivity index (χ3v) is 5.01. The molecule has 2 aromatic rings. The molecule has 0 atom stereocenters. The number of benzene rings is 1. The monoisotopic (exact) mass is 313 g/mol. The van der Waals surface area contributed by atoms with Crippen LogP contribution in [0.2, 0.25) is 0 Å². The molecule has 0 bridgehead atoms. The highest BCUT2D eigenvalue weighted by Gasteiger charge is 2.02. The smallest absolute Gasteiger partial charge is 0.0701 e. The van der Waals surface area contributed by atoms with Gasteiger partial charge >= 0.3 is 0 Å². The molecule has 0 aliphatic heterocycles. The fourth-order valence-electron chi connectivity index (χ4n) is 1.35. The predicted molar refractivity (Wildman–Crippen MR) is 77.2 cm³/mol. The number of rotatable bonds is 3. The minimum atomic E-state index is 0.833. The van der Waals surface area contributed by atoms with Gasteiger partial charge in [-0.05, 0) is 57.6 Å². The molecular formula is C12H12BrNS2. The Morgan fingerprint density at radius 1 is 1.38 bits per heavy atom. The summed E-state index contributed by atoms with van der Waals surface area (Å²) in [6.07, 6.45) is 0. The van der Waals surface area contributed by atoms with E-state index in [1.54, 1.807) is 11.3 Å². The minimum absolute atomic E-state index is 0.833. The molecule has 2 N–H and O–H groups in total. The first-order valence-electron chi connectivity index (χ1n) is 4.87. The Morgan fingerprint density at radius 2 is 2.19 bits per heavy atom. The lowest BCUT2D eigenvalue weighted by Crippen LogP contribution is -1.87. The van der Waals surface area contributed by atoms with Crippen molar-refractivity contribution in [1.82, 2.24) is 0 Å². The standard InChI is InChI=1S/C12H12BrNS2/c1-8-2-3-10(14)5-11(8)15-6-9-4-12(13)16-7-9/h2-5,7H,6,14H2,1H3. The first kappa shape index (κ1) is 12.0. The first-order valence-corrected chi connectivity index (χ1v) is 7.53. The highest BCUT2D eigenvalue weighted by atomic mass is 79.9. The maximum absolute atomic E-state index is 5.78. The van der Waals surface area contributed by atoms with E-state index in [0.29, 0.717) is 0 Å². The maximum atomic E-state index is 5.78. The van der Waals surface area contributed by atoms with E-state index in [0.717, 1.165) is 11.4 Å². The normalized spacial score (nSPS) is 10.6. The van der Waals surface area contributed by atoms with Crippen molar-refractivity contribution in [1.29, 1.82) is 0 Å². The summed E-state index contributed by atoms with van der Waals surface area (Å²) in [6, 6.07) is 8.22. The van der Waals surface area contributed by atoms with Crippen LogP contribution in [0.4, 0.5) is 5.69 Å². The highest BCUT2D eigenvalue weighted by Crippen LogP contribution is 2.30. The molecule has 0 saturated heterocycles. The Labute approximate surface area is 112 Å². The summed E-state index contributed by atoms with van der Waals surface area (Å²) < 4.78 is 1.19. The van der Waals surface area contributed by atoms with Crippen LogP contribution in [0.1, 0.15) is 11.1 Å². The van der Waals surface area contributed by atoms with Gasteiger partial charge in [0.15, 0.2) is 0 Å². The Morgan fingerprint density at radius 3 is 2.88 bits per heavy atom. The van der Waals surface area contributed by atoms with E-state index in [4.69, 9.17) is 5.73 Å². The third kappa shape index (κ3) is 3.03. The van der Waals surface area contributed by atoms with Gasteiger partial charge in [0, 0.05) is 16.3 Å². The number of nitrogens with two attached hydrogens (primary N) is 1. The van der Waals surface area contributed by atoms with Crippen LogP contribution in [0, 0.1) is 6.92 Å². The lowest BCUT2D eigenvalue weighted by molar-refractivity contribution is 1.29. The largest absolute Gasteiger partial charge is 0.399 e. The fraction of sp³-hybridized carbons (Fsp3) is 0.167. The summed E-state index contributed by atoms with van der Waals surface area (Å²) in [5.41, 5.74) is 9.25. The number of hydrogen-bond donors (Lipinski definition) is 1. The van der Waals surface area contributed by atoms with Crippen LogP contribution < -0.4 is 5.73 Å². The first-order chi connectivity index (χ1) is 7.65. The zero-order chi connectivity index (χ0) is 11.5. The van der Waals surface area contributed by atoms with Crippen LogP contribution in [0.5, 0.6) is 0 Å². The van der Waals surface area contributed by atoms with Gasteiger partial charge in [0.2, 0.25) is 0 Å². The van der Waals surface area contributed by atoms with Crippen LogP contribution >= 0.6 is 39.0 Å². The van der Waals surface area contributed by atoms with Crippen molar-refractivity contribution in [3.05, 3.63) is 44.6 Å². The second kappa shape index (κ2) is 5.25. The van der Waals surface area contributed by atoms with E-state index < -0.39 is 0 Å². The fourth-order valence-corrected chi connectivity index (χ4v) is 3.67. The lowest BCUT2D eigenvalue weighted by Gasteiger charge is -2.05. The molecule has 84 valence electrons. The van der Waals surface area contributed by atoms with Crippen molar-refractivity contribution < 1.29 is 0 Å². The van der Waals surface area contributed by atoms with Crippen molar-refractivity contribution in [3.8, 4) is 0 Å². The Bertz CT molecular complexity index is 494. The van der Waals surface area contributed by atoms with Crippen LogP contribution in [-0.2, 0) is 5.75 Å². The summed E-state index contributed by atoms with van der Waals surface area (Å²) in [5.74, 6) is 0.992. The molecule has 0 spiro atoms. The molecule has 1 heterocycles. The molecule has 1 aromatic carbocycles. The molecule has 16 heavy (non-hydrogen) atoms. The summed E-state index contributed by atoms with van der Waals surface area (Å²) in [4.78, 5) is 1.27. The van der Waals surface area contributed by atoms with Gasteiger partial charge in [-0.1, -0.05) is 6.07 Å². The van der Waals surface area contributed by atoms with Crippen LogP contribution in [0.15, 0.2) is 38.3 Å². The topological polar surface area (TPSA) is 26.0 Å². The maximum Gasteiger partial charge on any atom is 0.0701 e. The lowest BCUT2D eigenvalue weighted by atomic mass is 10.2. The number of thioether (sulfide) groups is 1. The van der Waals surface area contributed by atoms with Crippen molar-refractivity contribution >= 4 is 44.7 Å². The van der Waals surface area contributed by atoms with Gasteiger partial charge in [-0.25, -0.2) is 0 Å². The molecule has 0 radical (unpaired) electrons. The minimum Gasteiger partial charge on any atom is -0.399 e. The Kier molecular flexibility index (Phi) is 3.95. The molecule has 0 unspecified atom stereocenters. The van der Waals surface area contributed by atoms with E-state index in [9.17, 15) is 0 Å². The van der Waals surface area contributed by atoms with Crippen molar-refractivity contribution in [3.63, 3.8) is 0 Å². The summed E-state index contributed by atoms with van der Waals surface area (Å²) in [7, 11) is 0. The average Bonchev–Trinajstić information content (AvgIpc) is 2.66. The van der Waals surface area contributed by atoms with Crippen molar-refractivity contribution in [2.75, 3.05) is 5.73 Å². The van der Waals surface area contributed by atoms with E-state index in [1.807, 2.05) is 23.9 Å². The van der Waals surface area contributed by atoms with Gasteiger partial charge in [-0.3, -0.25) is 0 Å². The molecular weight excluding hydrogens is 302 g/mol. The van der Waals surface area contributed by atoms with Crippen LogP contribution in [0.25, 0.3) is 0 Å². The summed E-state index contributed by atoms with van der Waals surface area (Å²) >= 11 is 7.03. The van der Waals surface area contributed by atoms with Gasteiger partial charge < -0.3 is 5.73 Å². The predicted octanol–water partition coefficient (Wildman–Crippen LogP) is 4.69. The number of hydrogen-bond acceptors (Lipinski definition) is 3. The third-order valence-electron chi connectivity index (χ3n) is 2.23. The molecule has 0 fully saturated rings. The van der Waals surface area contributed by atoms with Gasteiger partial charge in [0.05, 0.1) is 3.79 Å². The van der Waals surface area contributed by atoms with Gasteiger partial charge in [-0.15, -0.1) is 23.1 Å². The second-order valence-electron chi connectivity index (χ2n) is 3.57. The molecule has 0 saturated carbocycles. The van der Waals surface area contributed by atoms with Crippen LogP contribution in [-0.4, -0.2) is 0 Å². The number of halogens is 1. The molecule has 1 nitrogen and oxygen atoms in total. The molecule has 0 aliphatic carbocycles. The number of anilines is 1. The molecule has 4 heteroatoms. The number of thiophene rings is 1. The number of aryl methyl sites for hydroxylation is 1. The van der Waals surface area contributed by atoms with Crippen molar-refractivity contribution in [2.45, 2.75) is 17.6 Å². The van der Waals surface area contributed by atoms with Gasteiger partial charge in [-0.2, -0.15) is 0 Å². The molecule has 0 aliphatic rings. The Balaban J connectivity index is 2.07. The van der Waals surface area contributed by atoms with E-state index in [-0.39, 0.29) is 0 Å². The van der Waals surface area contributed by atoms with Gasteiger partial charge in [0.1, 0.15) is 0 Å². The molecule has 0 amide bonds. The summed E-state index contributed by atoms with van der Waals surface area (Å²) in [5, 5.41) is 2.18. The van der Waals surface area contributed by atoms with E-state index in [1.165, 1.54) is 19.8 Å². The quantitative estimate of drug-likeness (QED) is 0.657. The molecule has 1 aromatic heterocycles. The average molecular weight is 314 g/mol. The van der Waals surface area contributed by atoms with E-state index in [2.05, 4.69) is 40.4 Å². The zero-order valence-corrected chi connectivity index (χ0v) is 12.1.